The van der Waals surface area contributed by atoms with Crippen molar-refractivity contribution in [1.29, 1.82) is 0 Å². The summed E-state index contributed by atoms with van der Waals surface area (Å²) in [6.45, 7) is 6.50. The summed E-state index contributed by atoms with van der Waals surface area (Å²) in [4.78, 5) is 24.3. The standard InChI is InChI=1S/C17H22O4/c1-17(2,3)15-9-14(18)13(10-21-15)11-7-5-6-8-12(11)16(19)20-4/h5-8,13,15H,9-10H2,1-4H3/t13-,15-/m0/s1. The Kier molecular flexibility index (Phi) is 4.47. The van der Waals surface area contributed by atoms with Crippen LogP contribution < -0.4 is 0 Å². The van der Waals surface area contributed by atoms with E-state index in [0.717, 1.165) is 0 Å². The summed E-state index contributed by atoms with van der Waals surface area (Å²) in [7, 11) is 1.34. The number of benzene rings is 1. The van der Waals surface area contributed by atoms with Crippen LogP contribution >= 0.6 is 0 Å². The van der Waals surface area contributed by atoms with Crippen LogP contribution in [0.4, 0.5) is 0 Å². The second-order valence-corrected chi connectivity index (χ2v) is 6.49. The van der Waals surface area contributed by atoms with Gasteiger partial charge in [0.2, 0.25) is 0 Å². The lowest BCUT2D eigenvalue weighted by Crippen LogP contribution is -2.40. The molecule has 0 aromatic heterocycles. The lowest BCUT2D eigenvalue weighted by atomic mass is 9.80. The summed E-state index contributed by atoms with van der Waals surface area (Å²) >= 11 is 0. The number of carbonyl (C=O) groups excluding carboxylic acids is 2. The molecule has 2 rings (SSSR count). The van der Waals surface area contributed by atoms with Gasteiger partial charge < -0.3 is 9.47 Å². The Morgan fingerprint density at radius 1 is 1.29 bits per heavy atom. The van der Waals surface area contributed by atoms with Crippen molar-refractivity contribution in [3.8, 4) is 0 Å². The smallest absolute Gasteiger partial charge is 0.338 e. The van der Waals surface area contributed by atoms with E-state index in [-0.39, 0.29) is 23.2 Å². The van der Waals surface area contributed by atoms with E-state index >= 15 is 0 Å². The van der Waals surface area contributed by atoms with Crippen LogP contribution in [0.5, 0.6) is 0 Å². The number of Topliss-reactive ketones (excluding diaryl/α,β-unsaturated/α-hetero) is 1. The number of ether oxygens (including phenoxy) is 2. The highest BCUT2D eigenvalue weighted by Gasteiger charge is 2.37. The number of methoxy groups -OCH3 is 1. The van der Waals surface area contributed by atoms with E-state index in [1.165, 1.54) is 7.11 Å². The molecular formula is C17H22O4. The van der Waals surface area contributed by atoms with E-state index in [0.29, 0.717) is 24.2 Å². The highest BCUT2D eigenvalue weighted by Crippen LogP contribution is 2.34. The van der Waals surface area contributed by atoms with Crippen LogP contribution in [-0.4, -0.2) is 31.6 Å². The van der Waals surface area contributed by atoms with Crippen LogP contribution in [0.25, 0.3) is 0 Å². The molecule has 0 amide bonds. The molecule has 1 aliphatic heterocycles. The minimum Gasteiger partial charge on any atom is -0.465 e. The summed E-state index contributed by atoms with van der Waals surface area (Å²) < 4.78 is 10.7. The first-order valence-corrected chi connectivity index (χ1v) is 7.16. The molecule has 4 nitrogen and oxygen atoms in total. The number of esters is 1. The first kappa shape index (κ1) is 15.7. The van der Waals surface area contributed by atoms with E-state index in [1.54, 1.807) is 18.2 Å². The van der Waals surface area contributed by atoms with Gasteiger partial charge in [-0.05, 0) is 17.0 Å². The fourth-order valence-electron chi connectivity index (χ4n) is 2.61. The molecule has 1 saturated heterocycles. The van der Waals surface area contributed by atoms with Gasteiger partial charge in [-0.3, -0.25) is 4.79 Å². The Morgan fingerprint density at radius 2 is 1.95 bits per heavy atom. The summed E-state index contributed by atoms with van der Waals surface area (Å²) in [6.07, 6.45) is 0.301. The Bertz CT molecular complexity index is 542. The molecule has 21 heavy (non-hydrogen) atoms. The van der Waals surface area contributed by atoms with Crippen LogP contribution in [0.2, 0.25) is 0 Å². The van der Waals surface area contributed by atoms with Gasteiger partial charge in [0, 0.05) is 6.42 Å². The average Bonchev–Trinajstić information content (AvgIpc) is 2.45. The Labute approximate surface area is 125 Å². The van der Waals surface area contributed by atoms with Crippen LogP contribution in [0.3, 0.4) is 0 Å². The molecule has 2 atom stereocenters. The van der Waals surface area contributed by atoms with Crippen molar-refractivity contribution in [3.05, 3.63) is 35.4 Å². The SMILES string of the molecule is COC(=O)c1ccccc1[C@@H]1CO[C@H](C(C)(C)C)CC1=O. The fourth-order valence-corrected chi connectivity index (χ4v) is 2.61. The molecule has 0 radical (unpaired) electrons. The van der Waals surface area contributed by atoms with E-state index < -0.39 is 5.97 Å². The molecule has 0 aliphatic carbocycles. The first-order chi connectivity index (χ1) is 9.84. The summed E-state index contributed by atoms with van der Waals surface area (Å²) in [5, 5.41) is 0. The normalized spacial score (nSPS) is 23.0. The summed E-state index contributed by atoms with van der Waals surface area (Å²) in [5.41, 5.74) is 1.07. The molecule has 0 bridgehead atoms. The van der Waals surface area contributed by atoms with Gasteiger partial charge in [0.05, 0.1) is 31.3 Å². The monoisotopic (exact) mass is 290 g/mol. The molecule has 1 aromatic carbocycles. The highest BCUT2D eigenvalue weighted by molar-refractivity contribution is 5.95. The van der Waals surface area contributed by atoms with Crippen molar-refractivity contribution >= 4 is 11.8 Å². The van der Waals surface area contributed by atoms with Gasteiger partial charge in [0.1, 0.15) is 5.78 Å². The van der Waals surface area contributed by atoms with Crippen molar-refractivity contribution in [2.45, 2.75) is 39.2 Å². The maximum atomic E-state index is 12.5. The van der Waals surface area contributed by atoms with Gasteiger partial charge in [-0.25, -0.2) is 4.79 Å². The number of rotatable bonds is 2. The first-order valence-electron chi connectivity index (χ1n) is 7.16. The predicted molar refractivity (Wildman–Crippen MR) is 79.3 cm³/mol. The highest BCUT2D eigenvalue weighted by atomic mass is 16.5. The molecule has 1 aromatic rings. The van der Waals surface area contributed by atoms with Crippen LogP contribution in [-0.2, 0) is 14.3 Å². The van der Waals surface area contributed by atoms with Crippen LogP contribution in [0, 0.1) is 5.41 Å². The molecule has 4 heteroatoms. The van der Waals surface area contributed by atoms with Gasteiger partial charge in [-0.2, -0.15) is 0 Å². The maximum Gasteiger partial charge on any atom is 0.338 e. The van der Waals surface area contributed by atoms with Gasteiger partial charge in [0.15, 0.2) is 0 Å². The molecular weight excluding hydrogens is 268 g/mol. The van der Waals surface area contributed by atoms with E-state index in [2.05, 4.69) is 20.8 Å². The number of ketones is 1. The minimum absolute atomic E-state index is 0.0670. The second kappa shape index (κ2) is 5.98. The topological polar surface area (TPSA) is 52.6 Å². The number of hydrogen-bond donors (Lipinski definition) is 0. The molecule has 1 fully saturated rings. The van der Waals surface area contributed by atoms with Crippen molar-refractivity contribution in [1.82, 2.24) is 0 Å². The van der Waals surface area contributed by atoms with Crippen LogP contribution in [0.1, 0.15) is 49.0 Å². The number of hydrogen-bond acceptors (Lipinski definition) is 4. The third-order valence-electron chi connectivity index (χ3n) is 3.95. The van der Waals surface area contributed by atoms with Crippen molar-refractivity contribution in [2.75, 3.05) is 13.7 Å². The fraction of sp³-hybridized carbons (Fsp3) is 0.529. The Morgan fingerprint density at radius 3 is 2.52 bits per heavy atom. The predicted octanol–water partition coefficient (Wildman–Crippen LogP) is 2.96. The summed E-state index contributed by atoms with van der Waals surface area (Å²) in [5.74, 6) is -0.687. The van der Waals surface area contributed by atoms with Gasteiger partial charge in [0.25, 0.3) is 0 Å². The minimum atomic E-state index is -0.420. The van der Waals surface area contributed by atoms with Crippen molar-refractivity contribution in [2.24, 2.45) is 5.41 Å². The van der Waals surface area contributed by atoms with E-state index in [4.69, 9.17) is 9.47 Å². The average molecular weight is 290 g/mol. The Balaban J connectivity index is 2.25. The molecule has 0 saturated carbocycles. The lowest BCUT2D eigenvalue weighted by molar-refractivity contribution is -0.137. The van der Waals surface area contributed by atoms with E-state index in [9.17, 15) is 9.59 Å². The molecule has 0 N–H and O–H groups in total. The quantitative estimate of drug-likeness (QED) is 0.786. The molecule has 1 aliphatic rings. The zero-order valence-electron chi connectivity index (χ0n) is 13.0. The van der Waals surface area contributed by atoms with E-state index in [1.807, 2.05) is 6.07 Å². The zero-order valence-corrected chi connectivity index (χ0v) is 13.0. The zero-order chi connectivity index (χ0) is 15.6. The largest absolute Gasteiger partial charge is 0.465 e. The molecule has 0 unspecified atom stereocenters. The van der Waals surface area contributed by atoms with Crippen molar-refractivity contribution < 1.29 is 19.1 Å². The molecule has 1 heterocycles. The van der Waals surface area contributed by atoms with Gasteiger partial charge in [-0.15, -0.1) is 0 Å². The Hall–Kier alpha value is -1.68. The number of carbonyl (C=O) groups is 2. The third-order valence-corrected chi connectivity index (χ3v) is 3.95. The van der Waals surface area contributed by atoms with Gasteiger partial charge >= 0.3 is 5.97 Å². The molecule has 0 spiro atoms. The third kappa shape index (κ3) is 3.32. The van der Waals surface area contributed by atoms with Gasteiger partial charge in [-0.1, -0.05) is 39.0 Å². The molecule has 114 valence electrons. The van der Waals surface area contributed by atoms with Crippen LogP contribution in [0.15, 0.2) is 24.3 Å². The second-order valence-electron chi connectivity index (χ2n) is 6.49. The lowest BCUT2D eigenvalue weighted by Gasteiger charge is -2.36. The maximum absolute atomic E-state index is 12.5. The van der Waals surface area contributed by atoms with Crippen molar-refractivity contribution in [3.63, 3.8) is 0 Å². The summed E-state index contributed by atoms with van der Waals surface area (Å²) in [6, 6.07) is 7.08.